The Kier molecular flexibility index (Phi) is 9.25. The Balaban J connectivity index is 1.96. The normalized spacial score (nSPS) is 12.2. The topological polar surface area (TPSA) is 86.8 Å². The minimum atomic E-state index is -3.60. The molecule has 0 aliphatic heterocycles. The van der Waals surface area contributed by atoms with Crippen molar-refractivity contribution >= 4 is 33.4 Å². The maximum Gasteiger partial charge on any atom is 0.247 e. The third-order valence-electron chi connectivity index (χ3n) is 5.77. The molecule has 0 bridgehead atoms. The molecule has 0 unspecified atom stereocenters. The van der Waals surface area contributed by atoms with Crippen LogP contribution < -0.4 is 5.32 Å². The molecule has 1 N–H and O–H groups in total. The lowest BCUT2D eigenvalue weighted by atomic mass is 10.0. The number of carbonyl (C=O) groups excluding carboxylic acids is 2. The molecule has 0 radical (unpaired) electrons. The highest BCUT2D eigenvalue weighted by atomic mass is 35.5. The van der Waals surface area contributed by atoms with Crippen molar-refractivity contribution in [1.82, 2.24) is 14.5 Å². The number of rotatable bonds is 10. The van der Waals surface area contributed by atoms with Gasteiger partial charge in [0.2, 0.25) is 21.8 Å². The van der Waals surface area contributed by atoms with E-state index < -0.39 is 28.5 Å². The van der Waals surface area contributed by atoms with Crippen molar-refractivity contribution in [2.24, 2.45) is 0 Å². The molecular formula is C27H30ClN3O4S. The molecule has 0 spiro atoms. The summed E-state index contributed by atoms with van der Waals surface area (Å²) in [5, 5.41) is 3.49. The standard InChI is InChI=1S/C27H30ClN3O4S/c1-20-9-11-21(12-10-20)17-29-27(33)26(23-7-5-4-6-8-23)31(18-22-13-15-24(28)16-14-22)25(32)19-30(2)36(3,34)35/h4-16,26H,17-19H2,1-3H3,(H,29,33)/t26-/m0/s1. The number of aryl methyl sites for hydroxylation is 1. The number of nitrogens with zero attached hydrogens (tertiary/aromatic N) is 2. The number of sulfonamides is 1. The van der Waals surface area contributed by atoms with Gasteiger partial charge in [0.05, 0.1) is 12.8 Å². The smallest absolute Gasteiger partial charge is 0.247 e. The molecule has 0 aromatic heterocycles. The molecule has 190 valence electrons. The number of carbonyl (C=O) groups is 2. The quantitative estimate of drug-likeness (QED) is 0.433. The molecule has 3 aromatic carbocycles. The predicted octanol–water partition coefficient (Wildman–Crippen LogP) is 3.93. The fourth-order valence-electron chi connectivity index (χ4n) is 3.61. The van der Waals surface area contributed by atoms with Gasteiger partial charge in [0.1, 0.15) is 6.04 Å². The molecule has 0 aliphatic rings. The predicted molar refractivity (Wildman–Crippen MR) is 142 cm³/mol. The summed E-state index contributed by atoms with van der Waals surface area (Å²) in [4.78, 5) is 28.5. The van der Waals surface area contributed by atoms with E-state index in [-0.39, 0.29) is 19.0 Å². The molecular weight excluding hydrogens is 498 g/mol. The average molecular weight is 528 g/mol. The van der Waals surface area contributed by atoms with Crippen LogP contribution in [0, 0.1) is 6.92 Å². The molecule has 0 saturated heterocycles. The summed E-state index contributed by atoms with van der Waals surface area (Å²) in [6.07, 6.45) is 1.03. The first kappa shape index (κ1) is 27.4. The lowest BCUT2D eigenvalue weighted by Crippen LogP contribution is -2.47. The van der Waals surface area contributed by atoms with Gasteiger partial charge in [0.25, 0.3) is 0 Å². The monoisotopic (exact) mass is 527 g/mol. The van der Waals surface area contributed by atoms with Crippen LogP contribution in [-0.2, 0) is 32.7 Å². The largest absolute Gasteiger partial charge is 0.350 e. The van der Waals surface area contributed by atoms with Crippen LogP contribution in [0.15, 0.2) is 78.9 Å². The summed E-state index contributed by atoms with van der Waals surface area (Å²) in [6.45, 7) is 1.96. The molecule has 0 saturated carbocycles. The second kappa shape index (κ2) is 12.2. The first-order valence-electron chi connectivity index (χ1n) is 11.4. The van der Waals surface area contributed by atoms with E-state index in [0.29, 0.717) is 10.6 Å². The molecule has 2 amide bonds. The summed E-state index contributed by atoms with van der Waals surface area (Å²) in [5.41, 5.74) is 3.40. The number of benzene rings is 3. The van der Waals surface area contributed by atoms with Gasteiger partial charge < -0.3 is 10.2 Å². The summed E-state index contributed by atoms with van der Waals surface area (Å²) in [6, 6.07) is 22.7. The van der Waals surface area contributed by atoms with E-state index >= 15 is 0 Å². The summed E-state index contributed by atoms with van der Waals surface area (Å²) in [7, 11) is -2.27. The van der Waals surface area contributed by atoms with Gasteiger partial charge in [-0.15, -0.1) is 0 Å². The first-order chi connectivity index (χ1) is 17.0. The lowest BCUT2D eigenvalue weighted by Gasteiger charge is -2.32. The minimum absolute atomic E-state index is 0.0884. The maximum absolute atomic E-state index is 13.6. The number of hydrogen-bond donors (Lipinski definition) is 1. The van der Waals surface area contributed by atoms with Gasteiger partial charge in [-0.1, -0.05) is 83.9 Å². The highest BCUT2D eigenvalue weighted by Gasteiger charge is 2.32. The molecule has 0 heterocycles. The molecule has 9 heteroatoms. The Labute approximate surface area is 217 Å². The number of amides is 2. The van der Waals surface area contributed by atoms with Gasteiger partial charge in [0, 0.05) is 25.2 Å². The minimum Gasteiger partial charge on any atom is -0.350 e. The SMILES string of the molecule is Cc1ccc(CNC(=O)[C@H](c2ccccc2)N(Cc2ccc(Cl)cc2)C(=O)CN(C)S(C)(=O)=O)cc1. The molecule has 0 fully saturated rings. The second-order valence-corrected chi connectivity index (χ2v) is 11.2. The Morgan fingerprint density at radius 2 is 1.50 bits per heavy atom. The summed E-state index contributed by atoms with van der Waals surface area (Å²) in [5.74, 6) is -0.872. The van der Waals surface area contributed by atoms with E-state index in [2.05, 4.69) is 5.32 Å². The third-order valence-corrected chi connectivity index (χ3v) is 7.29. The van der Waals surface area contributed by atoms with Gasteiger partial charge in [0.15, 0.2) is 0 Å². The summed E-state index contributed by atoms with van der Waals surface area (Å²) < 4.78 is 25.0. The Hall–Kier alpha value is -3.20. The van der Waals surface area contributed by atoms with E-state index in [1.54, 1.807) is 48.5 Å². The molecule has 1 atom stereocenters. The maximum atomic E-state index is 13.6. The van der Waals surface area contributed by atoms with Gasteiger partial charge >= 0.3 is 0 Å². The van der Waals surface area contributed by atoms with Gasteiger partial charge in [-0.2, -0.15) is 4.31 Å². The molecule has 3 rings (SSSR count). The number of nitrogens with one attached hydrogen (secondary N) is 1. The zero-order valence-electron chi connectivity index (χ0n) is 20.5. The van der Waals surface area contributed by atoms with Crippen LogP contribution >= 0.6 is 11.6 Å². The van der Waals surface area contributed by atoms with Crippen LogP contribution in [0.25, 0.3) is 0 Å². The zero-order chi connectivity index (χ0) is 26.3. The van der Waals surface area contributed by atoms with Gasteiger partial charge in [-0.05, 0) is 35.7 Å². The molecule has 0 aliphatic carbocycles. The van der Waals surface area contributed by atoms with E-state index in [1.165, 1.54) is 11.9 Å². The highest BCUT2D eigenvalue weighted by Crippen LogP contribution is 2.25. The van der Waals surface area contributed by atoms with Gasteiger partial charge in [-0.25, -0.2) is 8.42 Å². The Morgan fingerprint density at radius 1 is 0.917 bits per heavy atom. The van der Waals surface area contributed by atoms with Crippen LogP contribution in [0.1, 0.15) is 28.3 Å². The average Bonchev–Trinajstić information content (AvgIpc) is 2.84. The van der Waals surface area contributed by atoms with Crippen molar-refractivity contribution in [3.8, 4) is 0 Å². The van der Waals surface area contributed by atoms with Crippen molar-refractivity contribution in [2.45, 2.75) is 26.1 Å². The van der Waals surface area contributed by atoms with Crippen molar-refractivity contribution in [2.75, 3.05) is 19.8 Å². The number of hydrogen-bond acceptors (Lipinski definition) is 4. The second-order valence-electron chi connectivity index (χ2n) is 8.68. The highest BCUT2D eigenvalue weighted by molar-refractivity contribution is 7.88. The van der Waals surface area contributed by atoms with Crippen LogP contribution in [0.4, 0.5) is 0 Å². The van der Waals surface area contributed by atoms with Crippen molar-refractivity contribution in [3.05, 3.63) is 106 Å². The molecule has 7 nitrogen and oxygen atoms in total. The Bertz CT molecular complexity index is 1280. The summed E-state index contributed by atoms with van der Waals surface area (Å²) >= 11 is 6.03. The van der Waals surface area contributed by atoms with E-state index in [0.717, 1.165) is 27.3 Å². The number of halogens is 1. The van der Waals surface area contributed by atoms with Crippen molar-refractivity contribution in [3.63, 3.8) is 0 Å². The van der Waals surface area contributed by atoms with Gasteiger partial charge in [-0.3, -0.25) is 9.59 Å². The van der Waals surface area contributed by atoms with Crippen molar-refractivity contribution < 1.29 is 18.0 Å². The molecule has 36 heavy (non-hydrogen) atoms. The van der Waals surface area contributed by atoms with E-state index in [9.17, 15) is 18.0 Å². The fourth-order valence-corrected chi connectivity index (χ4v) is 4.08. The van der Waals surface area contributed by atoms with E-state index in [1.807, 2.05) is 37.3 Å². The van der Waals surface area contributed by atoms with Crippen LogP contribution in [0.5, 0.6) is 0 Å². The zero-order valence-corrected chi connectivity index (χ0v) is 22.1. The van der Waals surface area contributed by atoms with E-state index in [4.69, 9.17) is 11.6 Å². The molecule has 3 aromatic rings. The third kappa shape index (κ3) is 7.65. The lowest BCUT2D eigenvalue weighted by molar-refractivity contribution is -0.141. The number of likely N-dealkylation sites (N-methyl/N-ethyl adjacent to an activating group) is 1. The van der Waals surface area contributed by atoms with Crippen LogP contribution in [-0.4, -0.2) is 49.3 Å². The fraction of sp³-hybridized carbons (Fsp3) is 0.259. The first-order valence-corrected chi connectivity index (χ1v) is 13.6. The Morgan fingerprint density at radius 3 is 2.08 bits per heavy atom. The van der Waals surface area contributed by atoms with Crippen LogP contribution in [0.3, 0.4) is 0 Å². The van der Waals surface area contributed by atoms with Crippen molar-refractivity contribution in [1.29, 1.82) is 0 Å². The van der Waals surface area contributed by atoms with Crippen LogP contribution in [0.2, 0.25) is 5.02 Å².